The minimum absolute atomic E-state index is 0.0726. The summed E-state index contributed by atoms with van der Waals surface area (Å²) in [7, 11) is 0. The van der Waals surface area contributed by atoms with Gasteiger partial charge in [-0.2, -0.15) is 0 Å². The number of hydrogen-bond donors (Lipinski definition) is 5. The highest BCUT2D eigenvalue weighted by Crippen LogP contribution is 2.45. The molecule has 0 bridgehead atoms. The standard InChI is InChI=1S/C22H35N3O3/c1-20(2)5-3-16-17(4-6-20)24-15-21(16)8-11-25(12-9-21)14-19(27)22(28)7-10-23-13-18(22)26/h3-6,18-19,23-24,26-28H,7-15H2,1-2H3. The van der Waals surface area contributed by atoms with Gasteiger partial charge in [0.15, 0.2) is 0 Å². The van der Waals surface area contributed by atoms with Gasteiger partial charge in [0.1, 0.15) is 5.60 Å². The average molecular weight is 390 g/mol. The fourth-order valence-electron chi connectivity index (χ4n) is 5.08. The lowest BCUT2D eigenvalue weighted by atomic mass is 9.73. The zero-order valence-electron chi connectivity index (χ0n) is 17.1. The molecule has 4 aliphatic rings. The van der Waals surface area contributed by atoms with Crippen LogP contribution in [0.3, 0.4) is 0 Å². The average Bonchev–Trinajstić information content (AvgIpc) is 2.91. The van der Waals surface area contributed by atoms with Crippen LogP contribution in [0.2, 0.25) is 0 Å². The number of allylic oxidation sites excluding steroid dienone is 4. The minimum atomic E-state index is -1.41. The van der Waals surface area contributed by atoms with Crippen molar-refractivity contribution in [3.8, 4) is 0 Å². The molecule has 28 heavy (non-hydrogen) atoms. The van der Waals surface area contributed by atoms with E-state index < -0.39 is 17.8 Å². The van der Waals surface area contributed by atoms with Gasteiger partial charge in [0, 0.05) is 36.2 Å². The van der Waals surface area contributed by atoms with E-state index in [1.807, 2.05) is 0 Å². The molecule has 0 aromatic carbocycles. The Balaban J connectivity index is 1.40. The molecule has 0 aromatic heterocycles. The quantitative estimate of drug-likeness (QED) is 0.484. The summed E-state index contributed by atoms with van der Waals surface area (Å²) in [5.41, 5.74) is 1.49. The second-order valence-corrected chi connectivity index (χ2v) is 9.73. The number of rotatable bonds is 3. The molecule has 2 saturated heterocycles. The van der Waals surface area contributed by atoms with Gasteiger partial charge in [-0.15, -0.1) is 0 Å². The third-order valence-electron chi connectivity index (χ3n) is 7.28. The Bertz CT molecular complexity index is 691. The first-order valence-electron chi connectivity index (χ1n) is 10.6. The molecule has 0 saturated carbocycles. The largest absolute Gasteiger partial charge is 0.389 e. The number of piperidine rings is 2. The summed E-state index contributed by atoms with van der Waals surface area (Å²) in [5.74, 6) is 0. The van der Waals surface area contributed by atoms with Crippen LogP contribution in [0.5, 0.6) is 0 Å². The van der Waals surface area contributed by atoms with E-state index >= 15 is 0 Å². The highest BCUT2D eigenvalue weighted by Gasteiger charge is 2.46. The van der Waals surface area contributed by atoms with E-state index in [0.717, 1.165) is 32.5 Å². The number of aliphatic hydroxyl groups excluding tert-OH is 2. The van der Waals surface area contributed by atoms with Crippen molar-refractivity contribution in [2.45, 2.75) is 50.9 Å². The number of nitrogens with one attached hydrogen (secondary N) is 2. The first-order chi connectivity index (χ1) is 13.2. The van der Waals surface area contributed by atoms with Crippen molar-refractivity contribution < 1.29 is 15.3 Å². The van der Waals surface area contributed by atoms with E-state index in [1.54, 1.807) is 0 Å². The lowest BCUT2D eigenvalue weighted by Gasteiger charge is -2.45. The Hall–Kier alpha value is -1.18. The maximum atomic E-state index is 10.8. The zero-order valence-corrected chi connectivity index (χ0v) is 17.1. The van der Waals surface area contributed by atoms with E-state index in [9.17, 15) is 15.3 Å². The smallest absolute Gasteiger partial charge is 0.120 e. The molecule has 6 nitrogen and oxygen atoms in total. The summed E-state index contributed by atoms with van der Waals surface area (Å²) >= 11 is 0. The van der Waals surface area contributed by atoms with Crippen LogP contribution in [0.25, 0.3) is 0 Å². The molecule has 6 heteroatoms. The van der Waals surface area contributed by atoms with Crippen molar-refractivity contribution in [2.24, 2.45) is 10.8 Å². The van der Waals surface area contributed by atoms with E-state index in [0.29, 0.717) is 26.1 Å². The Morgan fingerprint density at radius 1 is 1.18 bits per heavy atom. The first kappa shape index (κ1) is 20.1. The Labute approximate surface area is 168 Å². The van der Waals surface area contributed by atoms with Gasteiger partial charge in [-0.3, -0.25) is 0 Å². The number of β-amino-alcohol motifs (C(OH)–C–C–N with tert-alkyl or cyclic N) is 2. The van der Waals surface area contributed by atoms with Crippen molar-refractivity contribution in [3.63, 3.8) is 0 Å². The normalized spacial score (nSPS) is 35.5. The van der Waals surface area contributed by atoms with Gasteiger partial charge in [-0.05, 0) is 50.5 Å². The van der Waals surface area contributed by atoms with Crippen LogP contribution in [0.4, 0.5) is 0 Å². The highest BCUT2D eigenvalue weighted by atomic mass is 16.4. The first-order valence-corrected chi connectivity index (χ1v) is 10.6. The van der Waals surface area contributed by atoms with Crippen molar-refractivity contribution in [1.29, 1.82) is 0 Å². The molecule has 3 heterocycles. The topological polar surface area (TPSA) is 88.0 Å². The van der Waals surface area contributed by atoms with Crippen LogP contribution in [-0.2, 0) is 0 Å². The maximum Gasteiger partial charge on any atom is 0.120 e. The summed E-state index contributed by atoms with van der Waals surface area (Å²) in [4.78, 5) is 2.24. The number of hydrogen-bond acceptors (Lipinski definition) is 6. The maximum absolute atomic E-state index is 10.8. The number of nitrogens with zero attached hydrogens (tertiary/aromatic N) is 1. The number of aliphatic hydroxyl groups is 3. The molecule has 2 fully saturated rings. The van der Waals surface area contributed by atoms with Crippen molar-refractivity contribution >= 4 is 0 Å². The summed E-state index contributed by atoms with van der Waals surface area (Å²) in [5, 5.41) is 38.3. The van der Waals surface area contributed by atoms with Crippen molar-refractivity contribution in [2.75, 3.05) is 39.3 Å². The van der Waals surface area contributed by atoms with Crippen molar-refractivity contribution in [1.82, 2.24) is 15.5 Å². The van der Waals surface area contributed by atoms with Crippen LogP contribution in [0.15, 0.2) is 35.6 Å². The number of fused-ring (bicyclic) bond motifs is 1. The van der Waals surface area contributed by atoms with Gasteiger partial charge in [0.25, 0.3) is 0 Å². The molecule has 1 spiro atoms. The fraction of sp³-hybridized carbons (Fsp3) is 0.727. The van der Waals surface area contributed by atoms with Crippen LogP contribution in [-0.4, -0.2) is 77.3 Å². The zero-order chi connectivity index (χ0) is 20.0. The molecule has 3 aliphatic heterocycles. The van der Waals surface area contributed by atoms with Crippen LogP contribution in [0.1, 0.15) is 33.1 Å². The lowest BCUT2D eigenvalue weighted by molar-refractivity contribution is -0.164. The molecule has 156 valence electrons. The predicted molar refractivity (Wildman–Crippen MR) is 110 cm³/mol. The van der Waals surface area contributed by atoms with E-state index in [1.165, 1.54) is 11.3 Å². The predicted octanol–water partition coefficient (Wildman–Crippen LogP) is 0.524. The second kappa shape index (κ2) is 7.26. The molecular weight excluding hydrogens is 354 g/mol. The molecule has 4 rings (SSSR count). The summed E-state index contributed by atoms with van der Waals surface area (Å²) in [6.45, 7) is 8.55. The van der Waals surface area contributed by atoms with Gasteiger partial charge in [-0.25, -0.2) is 0 Å². The molecule has 5 N–H and O–H groups in total. The van der Waals surface area contributed by atoms with Crippen molar-refractivity contribution in [3.05, 3.63) is 35.6 Å². The van der Waals surface area contributed by atoms with Gasteiger partial charge in [0.2, 0.25) is 0 Å². The van der Waals surface area contributed by atoms with Gasteiger partial charge >= 0.3 is 0 Å². The molecule has 3 atom stereocenters. The summed E-state index contributed by atoms with van der Waals surface area (Å²) in [6.07, 6.45) is 9.68. The lowest BCUT2D eigenvalue weighted by Crippen LogP contribution is -2.63. The molecule has 0 aromatic rings. The van der Waals surface area contributed by atoms with Crippen LogP contribution in [0, 0.1) is 10.8 Å². The Morgan fingerprint density at radius 3 is 2.61 bits per heavy atom. The third-order valence-corrected chi connectivity index (χ3v) is 7.28. The van der Waals surface area contributed by atoms with E-state index in [4.69, 9.17) is 0 Å². The monoisotopic (exact) mass is 389 g/mol. The van der Waals surface area contributed by atoms with Gasteiger partial charge < -0.3 is 30.9 Å². The third kappa shape index (κ3) is 3.57. The summed E-state index contributed by atoms with van der Waals surface area (Å²) in [6, 6.07) is 0. The molecule has 1 aliphatic carbocycles. The highest BCUT2D eigenvalue weighted by molar-refractivity contribution is 5.45. The Kier molecular flexibility index (Phi) is 5.21. The van der Waals surface area contributed by atoms with Gasteiger partial charge in [-0.1, -0.05) is 32.1 Å². The van der Waals surface area contributed by atoms with E-state index in [-0.39, 0.29) is 10.8 Å². The van der Waals surface area contributed by atoms with E-state index in [2.05, 4.69) is 53.7 Å². The summed E-state index contributed by atoms with van der Waals surface area (Å²) < 4.78 is 0. The second-order valence-electron chi connectivity index (χ2n) is 9.73. The minimum Gasteiger partial charge on any atom is -0.389 e. The van der Waals surface area contributed by atoms with Crippen LogP contribution < -0.4 is 10.6 Å². The number of likely N-dealkylation sites (tertiary alicyclic amines) is 1. The molecule has 0 amide bonds. The Morgan fingerprint density at radius 2 is 1.89 bits per heavy atom. The molecule has 3 unspecified atom stereocenters. The van der Waals surface area contributed by atoms with Gasteiger partial charge in [0.05, 0.1) is 12.2 Å². The SMILES string of the molecule is CC1(C)C=CC2=C(C=C1)C1(CCN(CC(O)C3(O)CCNCC3O)CC1)CN2. The molecule has 0 radical (unpaired) electrons. The molecular formula is C22H35N3O3. The van der Waals surface area contributed by atoms with Crippen LogP contribution >= 0.6 is 0 Å². The fourth-order valence-corrected chi connectivity index (χ4v) is 5.08.